The highest BCUT2D eigenvalue weighted by Crippen LogP contribution is 2.47. The summed E-state index contributed by atoms with van der Waals surface area (Å²) < 4.78 is 10.9. The lowest BCUT2D eigenvalue weighted by molar-refractivity contribution is -0.210. The van der Waals surface area contributed by atoms with Gasteiger partial charge in [-0.3, -0.25) is 0 Å². The maximum atomic E-state index is 6.16. The third-order valence-corrected chi connectivity index (χ3v) is 3.10. The Labute approximate surface area is 79.0 Å². The van der Waals surface area contributed by atoms with Crippen molar-refractivity contribution < 1.29 is 9.47 Å². The molecule has 4 heteroatoms. The first kappa shape index (κ1) is 10.3. The minimum absolute atomic E-state index is 0. The maximum Gasteiger partial charge on any atom is 0.186 e. The van der Waals surface area contributed by atoms with E-state index in [4.69, 9.17) is 15.2 Å². The van der Waals surface area contributed by atoms with Gasteiger partial charge in [0.1, 0.15) is 0 Å². The second-order valence-corrected chi connectivity index (χ2v) is 3.57. The van der Waals surface area contributed by atoms with Crippen LogP contribution in [0.3, 0.4) is 0 Å². The summed E-state index contributed by atoms with van der Waals surface area (Å²) in [5.74, 6) is -0.438. The van der Waals surface area contributed by atoms with Crippen molar-refractivity contribution in [2.45, 2.75) is 37.0 Å². The Morgan fingerprint density at radius 1 is 1.33 bits per heavy atom. The van der Waals surface area contributed by atoms with Gasteiger partial charge < -0.3 is 15.2 Å². The van der Waals surface area contributed by atoms with E-state index in [9.17, 15) is 0 Å². The molecular weight excluding hydrogens is 178 g/mol. The van der Waals surface area contributed by atoms with Gasteiger partial charge in [0, 0.05) is 13.5 Å². The first-order valence-electron chi connectivity index (χ1n) is 4.20. The molecule has 2 fully saturated rings. The van der Waals surface area contributed by atoms with Gasteiger partial charge in [0.25, 0.3) is 0 Å². The molecule has 12 heavy (non-hydrogen) atoms. The quantitative estimate of drug-likeness (QED) is 0.677. The topological polar surface area (TPSA) is 44.5 Å². The Balaban J connectivity index is 0.000000720. The van der Waals surface area contributed by atoms with E-state index in [2.05, 4.69) is 0 Å². The minimum Gasteiger partial charge on any atom is -0.351 e. The molecule has 1 saturated heterocycles. The second-order valence-electron chi connectivity index (χ2n) is 3.57. The largest absolute Gasteiger partial charge is 0.351 e. The van der Waals surface area contributed by atoms with E-state index in [1.807, 2.05) is 0 Å². The number of ether oxygens (including phenoxy) is 2. The van der Waals surface area contributed by atoms with Crippen LogP contribution in [0.2, 0.25) is 0 Å². The summed E-state index contributed by atoms with van der Waals surface area (Å²) in [5.41, 5.74) is 5.97. The zero-order valence-corrected chi connectivity index (χ0v) is 8.15. The van der Waals surface area contributed by atoms with Gasteiger partial charge in [-0.2, -0.15) is 0 Å². The van der Waals surface area contributed by atoms with Crippen LogP contribution in [-0.2, 0) is 9.47 Å². The summed E-state index contributed by atoms with van der Waals surface area (Å²) in [5, 5.41) is 0. The third kappa shape index (κ3) is 1.08. The average molecular weight is 194 g/mol. The molecule has 2 atom stereocenters. The highest BCUT2D eigenvalue weighted by molar-refractivity contribution is 5.85. The van der Waals surface area contributed by atoms with Gasteiger partial charge in [0.15, 0.2) is 5.79 Å². The van der Waals surface area contributed by atoms with E-state index in [1.165, 1.54) is 0 Å². The fraction of sp³-hybridized carbons (Fsp3) is 1.00. The van der Waals surface area contributed by atoms with Crippen molar-refractivity contribution >= 4 is 12.4 Å². The van der Waals surface area contributed by atoms with Gasteiger partial charge in [0.2, 0.25) is 0 Å². The van der Waals surface area contributed by atoms with E-state index < -0.39 is 5.79 Å². The lowest BCUT2D eigenvalue weighted by atomic mass is 9.92. The molecule has 1 aliphatic heterocycles. The molecule has 0 aromatic heterocycles. The molecule has 0 spiro atoms. The standard InChI is InChI=1S/C8H15NO2.ClH/c1-10-8-4-2-3-7(8,9)5-6-11-8;/h2-6,9H2,1H3;1H/t7-,8+;/m1./s1. The number of hydrogen-bond acceptors (Lipinski definition) is 3. The number of methoxy groups -OCH3 is 1. The summed E-state index contributed by atoms with van der Waals surface area (Å²) in [6.07, 6.45) is 4.08. The van der Waals surface area contributed by atoms with Crippen LogP contribution >= 0.6 is 12.4 Å². The summed E-state index contributed by atoms with van der Waals surface area (Å²) in [4.78, 5) is 0. The van der Waals surface area contributed by atoms with Gasteiger partial charge in [-0.1, -0.05) is 0 Å². The summed E-state index contributed by atoms with van der Waals surface area (Å²) >= 11 is 0. The minimum atomic E-state index is -0.438. The Hall–Kier alpha value is 0.170. The fourth-order valence-electron chi connectivity index (χ4n) is 2.37. The van der Waals surface area contributed by atoms with Crippen LogP contribution in [0, 0.1) is 0 Å². The molecule has 1 saturated carbocycles. The molecule has 0 aromatic rings. The molecule has 0 amide bonds. The fourth-order valence-corrected chi connectivity index (χ4v) is 2.37. The number of halogens is 1. The van der Waals surface area contributed by atoms with Crippen LogP contribution in [0.1, 0.15) is 25.7 Å². The van der Waals surface area contributed by atoms with Crippen LogP contribution in [-0.4, -0.2) is 25.0 Å². The normalized spacial score (nSPS) is 45.5. The zero-order valence-electron chi connectivity index (χ0n) is 7.34. The predicted octanol–water partition coefficient (Wildman–Crippen LogP) is 1.05. The Morgan fingerprint density at radius 3 is 2.67 bits per heavy atom. The van der Waals surface area contributed by atoms with Crippen LogP contribution in [0.4, 0.5) is 0 Å². The van der Waals surface area contributed by atoms with Crippen molar-refractivity contribution in [2.24, 2.45) is 5.73 Å². The van der Waals surface area contributed by atoms with Crippen LogP contribution in [0.15, 0.2) is 0 Å². The first-order chi connectivity index (χ1) is 5.22. The molecule has 1 heterocycles. The molecule has 0 bridgehead atoms. The summed E-state index contributed by atoms with van der Waals surface area (Å²) in [6.45, 7) is 0.754. The number of nitrogens with two attached hydrogens (primary N) is 1. The first-order valence-corrected chi connectivity index (χ1v) is 4.20. The summed E-state index contributed by atoms with van der Waals surface area (Å²) in [6, 6.07) is 0. The van der Waals surface area contributed by atoms with Gasteiger partial charge >= 0.3 is 0 Å². The molecule has 3 nitrogen and oxygen atoms in total. The molecule has 0 radical (unpaired) electrons. The number of rotatable bonds is 1. The molecule has 1 aliphatic carbocycles. The molecule has 2 aliphatic rings. The van der Waals surface area contributed by atoms with Crippen molar-refractivity contribution in [1.29, 1.82) is 0 Å². The van der Waals surface area contributed by atoms with Crippen molar-refractivity contribution in [2.75, 3.05) is 13.7 Å². The zero-order chi connectivity index (χ0) is 7.95. The molecule has 2 rings (SSSR count). The Morgan fingerprint density at radius 2 is 2.08 bits per heavy atom. The smallest absolute Gasteiger partial charge is 0.186 e. The number of fused-ring (bicyclic) bond motifs is 1. The van der Waals surface area contributed by atoms with Crippen LogP contribution in [0.25, 0.3) is 0 Å². The van der Waals surface area contributed by atoms with E-state index in [0.717, 1.165) is 32.3 Å². The van der Waals surface area contributed by atoms with Gasteiger partial charge in [-0.25, -0.2) is 0 Å². The Bertz CT molecular complexity index is 164. The molecule has 0 aromatic carbocycles. The van der Waals surface area contributed by atoms with Crippen molar-refractivity contribution in [3.8, 4) is 0 Å². The van der Waals surface area contributed by atoms with E-state index in [0.29, 0.717) is 0 Å². The second kappa shape index (κ2) is 3.14. The molecule has 2 N–H and O–H groups in total. The predicted molar refractivity (Wildman–Crippen MR) is 48.3 cm³/mol. The number of hydrogen-bond donors (Lipinski definition) is 1. The molecular formula is C8H16ClNO2. The van der Waals surface area contributed by atoms with Gasteiger partial charge in [-0.05, 0) is 19.3 Å². The molecule has 0 unspecified atom stereocenters. The summed E-state index contributed by atoms with van der Waals surface area (Å²) in [7, 11) is 1.69. The highest BCUT2D eigenvalue weighted by Gasteiger charge is 2.57. The highest BCUT2D eigenvalue weighted by atomic mass is 35.5. The lowest BCUT2D eigenvalue weighted by Gasteiger charge is -2.34. The van der Waals surface area contributed by atoms with Crippen LogP contribution in [0.5, 0.6) is 0 Å². The van der Waals surface area contributed by atoms with Gasteiger partial charge in [0.05, 0.1) is 12.1 Å². The van der Waals surface area contributed by atoms with Crippen LogP contribution < -0.4 is 5.73 Å². The van der Waals surface area contributed by atoms with E-state index in [1.54, 1.807) is 7.11 Å². The third-order valence-electron chi connectivity index (χ3n) is 3.10. The Kier molecular flexibility index (Phi) is 2.69. The van der Waals surface area contributed by atoms with Crippen molar-refractivity contribution in [3.05, 3.63) is 0 Å². The maximum absolute atomic E-state index is 6.16. The molecule has 72 valence electrons. The SMILES string of the molecule is CO[C@]12CCC[C@@]1(N)CCO2.Cl. The van der Waals surface area contributed by atoms with E-state index >= 15 is 0 Å². The van der Waals surface area contributed by atoms with Crippen molar-refractivity contribution in [1.82, 2.24) is 0 Å². The monoisotopic (exact) mass is 193 g/mol. The van der Waals surface area contributed by atoms with E-state index in [-0.39, 0.29) is 17.9 Å². The van der Waals surface area contributed by atoms with Crippen molar-refractivity contribution in [3.63, 3.8) is 0 Å². The lowest BCUT2D eigenvalue weighted by Crippen LogP contribution is -2.54. The average Bonchev–Trinajstić information content (AvgIpc) is 2.41. The van der Waals surface area contributed by atoms with Gasteiger partial charge in [-0.15, -0.1) is 12.4 Å².